The number of amides is 1. The molecule has 1 aromatic rings. The Balaban J connectivity index is 2.35. The van der Waals surface area contributed by atoms with E-state index in [-0.39, 0.29) is 5.75 Å². The number of carbonyl (C=O) groups excluding carboxylic acids is 1. The minimum absolute atomic E-state index is 0.109. The predicted molar refractivity (Wildman–Crippen MR) is 73.2 cm³/mol. The second kappa shape index (κ2) is 5.26. The second-order valence-corrected chi connectivity index (χ2v) is 6.44. The van der Waals surface area contributed by atoms with Gasteiger partial charge in [0, 0.05) is 12.2 Å². The number of rotatable bonds is 2. The number of nitrogens with one attached hydrogen (secondary N) is 1. The van der Waals surface area contributed by atoms with Crippen LogP contribution in [-0.2, 0) is 14.8 Å². The van der Waals surface area contributed by atoms with Gasteiger partial charge in [-0.05, 0) is 24.6 Å². The fourth-order valence-corrected chi connectivity index (χ4v) is 3.70. The molecule has 1 N–H and O–H groups in total. The molecule has 0 unspecified atom stereocenters. The Hall–Kier alpha value is -1.47. The van der Waals surface area contributed by atoms with E-state index in [0.29, 0.717) is 29.4 Å². The van der Waals surface area contributed by atoms with E-state index in [2.05, 4.69) is 10.1 Å². The lowest BCUT2D eigenvalue weighted by atomic mass is 10.2. The Labute approximate surface area is 116 Å². The van der Waals surface area contributed by atoms with Gasteiger partial charge in [-0.15, -0.1) is 0 Å². The van der Waals surface area contributed by atoms with Gasteiger partial charge < -0.3 is 4.74 Å². The molecule has 1 amide bonds. The molecule has 1 aromatic carbocycles. The molecule has 0 atom stereocenters. The van der Waals surface area contributed by atoms with Crippen molar-refractivity contribution in [3.05, 3.63) is 23.2 Å². The zero-order valence-corrected chi connectivity index (χ0v) is 11.8. The van der Waals surface area contributed by atoms with E-state index in [1.807, 2.05) is 0 Å². The molecule has 1 aliphatic rings. The first-order chi connectivity index (χ1) is 8.94. The van der Waals surface area contributed by atoms with E-state index in [1.165, 1.54) is 23.5 Å². The smallest absolute Gasteiger partial charge is 0.411 e. The second-order valence-electron chi connectivity index (χ2n) is 4.02. The van der Waals surface area contributed by atoms with Gasteiger partial charge in [-0.3, -0.25) is 9.62 Å². The third kappa shape index (κ3) is 2.93. The van der Waals surface area contributed by atoms with Crippen LogP contribution < -0.4 is 9.62 Å². The lowest BCUT2D eigenvalue weighted by Gasteiger charge is -2.19. The minimum atomic E-state index is -3.31. The summed E-state index contributed by atoms with van der Waals surface area (Å²) in [6.45, 7) is 0.393. The number of hydrogen-bond acceptors (Lipinski definition) is 4. The number of ether oxygens (including phenoxy) is 1. The predicted octanol–water partition coefficient (Wildman–Crippen LogP) is 2.06. The van der Waals surface area contributed by atoms with Crippen molar-refractivity contribution in [3.63, 3.8) is 0 Å². The summed E-state index contributed by atoms with van der Waals surface area (Å²) in [7, 11) is -2.06. The molecule has 104 valence electrons. The summed E-state index contributed by atoms with van der Waals surface area (Å²) in [5.41, 5.74) is 0.793. The first kappa shape index (κ1) is 14.0. The average Bonchev–Trinajstić information content (AvgIpc) is 2.71. The first-order valence-electron chi connectivity index (χ1n) is 5.59. The third-order valence-corrected chi connectivity index (χ3v) is 4.92. The molecule has 0 spiro atoms. The molecular weight excluding hydrogens is 292 g/mol. The van der Waals surface area contributed by atoms with Gasteiger partial charge >= 0.3 is 6.09 Å². The molecular formula is C11H13ClN2O4S. The van der Waals surface area contributed by atoms with E-state index < -0.39 is 16.1 Å². The summed E-state index contributed by atoms with van der Waals surface area (Å²) in [5, 5.41) is 2.79. The number of anilines is 2. The molecule has 0 aliphatic carbocycles. The number of halogens is 1. The zero-order chi connectivity index (χ0) is 14.0. The van der Waals surface area contributed by atoms with Gasteiger partial charge in [-0.25, -0.2) is 13.2 Å². The van der Waals surface area contributed by atoms with Crippen LogP contribution in [-0.4, -0.2) is 33.9 Å². The lowest BCUT2D eigenvalue weighted by molar-refractivity contribution is 0.187. The summed E-state index contributed by atoms with van der Waals surface area (Å²) in [4.78, 5) is 11.1. The van der Waals surface area contributed by atoms with E-state index in [4.69, 9.17) is 11.6 Å². The maximum atomic E-state index is 11.9. The van der Waals surface area contributed by atoms with Crippen LogP contribution in [0.1, 0.15) is 6.42 Å². The van der Waals surface area contributed by atoms with E-state index in [0.717, 1.165) is 0 Å². The van der Waals surface area contributed by atoms with Crippen LogP contribution in [0.2, 0.25) is 5.02 Å². The molecule has 0 radical (unpaired) electrons. The third-order valence-electron chi connectivity index (χ3n) is 2.75. The van der Waals surface area contributed by atoms with E-state index in [9.17, 15) is 13.2 Å². The van der Waals surface area contributed by atoms with Crippen LogP contribution in [0.25, 0.3) is 0 Å². The molecule has 0 bridgehead atoms. The van der Waals surface area contributed by atoms with Gasteiger partial charge in [0.15, 0.2) is 0 Å². The van der Waals surface area contributed by atoms with Crippen molar-refractivity contribution in [2.75, 3.05) is 29.0 Å². The number of benzene rings is 1. The maximum Gasteiger partial charge on any atom is 0.411 e. The number of nitrogens with zero attached hydrogens (tertiary/aromatic N) is 1. The van der Waals surface area contributed by atoms with Crippen LogP contribution in [0.3, 0.4) is 0 Å². The van der Waals surface area contributed by atoms with Gasteiger partial charge in [-0.2, -0.15) is 0 Å². The van der Waals surface area contributed by atoms with Gasteiger partial charge in [0.1, 0.15) is 0 Å². The standard InChI is InChI=1S/C11H13ClN2O4S/c1-18-11(15)13-8-3-4-9(12)10(7-8)14-5-2-6-19(14,16)17/h3-4,7H,2,5-6H2,1H3,(H,13,15). The average molecular weight is 305 g/mol. The van der Waals surface area contributed by atoms with Crippen molar-refractivity contribution < 1.29 is 17.9 Å². The molecule has 6 nitrogen and oxygen atoms in total. The molecule has 1 saturated heterocycles. The summed E-state index contributed by atoms with van der Waals surface area (Å²) in [5.74, 6) is 0.109. The highest BCUT2D eigenvalue weighted by Crippen LogP contribution is 2.33. The Morgan fingerprint density at radius 1 is 1.47 bits per heavy atom. The van der Waals surface area contributed by atoms with Gasteiger partial charge in [0.25, 0.3) is 0 Å². The Morgan fingerprint density at radius 3 is 2.79 bits per heavy atom. The first-order valence-corrected chi connectivity index (χ1v) is 7.58. The fourth-order valence-electron chi connectivity index (χ4n) is 1.86. The summed E-state index contributed by atoms with van der Waals surface area (Å²) < 4.78 is 29.5. The molecule has 19 heavy (non-hydrogen) atoms. The van der Waals surface area contributed by atoms with Gasteiger partial charge in [0.05, 0.1) is 23.6 Å². The van der Waals surface area contributed by atoms with Crippen molar-refractivity contribution in [1.82, 2.24) is 0 Å². The molecule has 0 aromatic heterocycles. The molecule has 1 heterocycles. The number of methoxy groups -OCH3 is 1. The Bertz CT molecular complexity index is 603. The van der Waals surface area contributed by atoms with Crippen LogP contribution in [0.4, 0.5) is 16.2 Å². The molecule has 0 saturated carbocycles. The fraction of sp³-hybridized carbons (Fsp3) is 0.364. The summed E-state index contributed by atoms with van der Waals surface area (Å²) in [6, 6.07) is 4.63. The SMILES string of the molecule is COC(=O)Nc1ccc(Cl)c(N2CCCS2(=O)=O)c1. The van der Waals surface area contributed by atoms with E-state index >= 15 is 0 Å². The van der Waals surface area contributed by atoms with Gasteiger partial charge in [0.2, 0.25) is 10.0 Å². The van der Waals surface area contributed by atoms with Crippen LogP contribution in [0, 0.1) is 0 Å². The van der Waals surface area contributed by atoms with Crippen molar-refractivity contribution in [1.29, 1.82) is 0 Å². The topological polar surface area (TPSA) is 75.7 Å². The molecule has 2 rings (SSSR count). The number of carbonyl (C=O) groups is 1. The Morgan fingerprint density at radius 2 is 2.21 bits per heavy atom. The lowest BCUT2D eigenvalue weighted by Crippen LogP contribution is -2.25. The van der Waals surface area contributed by atoms with Crippen LogP contribution in [0.5, 0.6) is 0 Å². The highest BCUT2D eigenvalue weighted by Gasteiger charge is 2.30. The van der Waals surface area contributed by atoms with Crippen molar-refractivity contribution in [2.45, 2.75) is 6.42 Å². The van der Waals surface area contributed by atoms with Crippen LogP contribution >= 0.6 is 11.6 Å². The zero-order valence-electron chi connectivity index (χ0n) is 10.2. The van der Waals surface area contributed by atoms with E-state index in [1.54, 1.807) is 6.07 Å². The summed E-state index contributed by atoms with van der Waals surface area (Å²) in [6.07, 6.45) is -0.0644. The minimum Gasteiger partial charge on any atom is -0.453 e. The highest BCUT2D eigenvalue weighted by molar-refractivity contribution is 7.93. The Kier molecular flexibility index (Phi) is 3.86. The summed E-state index contributed by atoms with van der Waals surface area (Å²) >= 11 is 6.02. The number of sulfonamides is 1. The van der Waals surface area contributed by atoms with Crippen molar-refractivity contribution in [3.8, 4) is 0 Å². The number of hydrogen-bond donors (Lipinski definition) is 1. The molecule has 1 aliphatic heterocycles. The monoisotopic (exact) mass is 304 g/mol. The van der Waals surface area contributed by atoms with Crippen LogP contribution in [0.15, 0.2) is 18.2 Å². The molecule has 1 fully saturated rings. The quantitative estimate of drug-likeness (QED) is 0.907. The van der Waals surface area contributed by atoms with Crippen molar-refractivity contribution in [2.24, 2.45) is 0 Å². The van der Waals surface area contributed by atoms with Crippen molar-refractivity contribution >= 4 is 39.1 Å². The normalized spacial score (nSPS) is 17.3. The van der Waals surface area contributed by atoms with Gasteiger partial charge in [-0.1, -0.05) is 11.6 Å². The molecule has 8 heteroatoms. The highest BCUT2D eigenvalue weighted by atomic mass is 35.5. The largest absolute Gasteiger partial charge is 0.453 e. The maximum absolute atomic E-state index is 11.9.